The van der Waals surface area contributed by atoms with Gasteiger partial charge in [0.1, 0.15) is 11.5 Å². The number of furan rings is 1. The molecule has 4 rings (SSSR count). The fourth-order valence-electron chi connectivity index (χ4n) is 3.76. The molecule has 0 saturated carbocycles. The second-order valence-electron chi connectivity index (χ2n) is 6.92. The molecular weight excluding hydrogens is 318 g/mol. The first-order valence-electron chi connectivity index (χ1n) is 8.77. The Morgan fingerprint density at radius 3 is 3.04 bits per heavy atom. The summed E-state index contributed by atoms with van der Waals surface area (Å²) in [6.45, 7) is 4.85. The maximum Gasteiger partial charge on any atom is 0.226 e. The molecule has 4 heterocycles. The number of rotatable bonds is 5. The first-order chi connectivity index (χ1) is 12.2. The van der Waals surface area contributed by atoms with Crippen LogP contribution in [0.4, 0.5) is 0 Å². The van der Waals surface area contributed by atoms with E-state index in [4.69, 9.17) is 9.15 Å². The van der Waals surface area contributed by atoms with Crippen molar-refractivity contribution in [2.75, 3.05) is 13.1 Å². The van der Waals surface area contributed by atoms with Crippen molar-refractivity contribution in [3.05, 3.63) is 53.7 Å². The Hall–Kier alpha value is -2.18. The number of carbonyl (C=O) groups excluding carboxylic acids is 1. The second-order valence-corrected chi connectivity index (χ2v) is 6.92. The van der Waals surface area contributed by atoms with E-state index in [-0.39, 0.29) is 24.0 Å². The number of pyridine rings is 1. The fourth-order valence-corrected chi connectivity index (χ4v) is 3.76. The zero-order chi connectivity index (χ0) is 17.2. The van der Waals surface area contributed by atoms with Crippen LogP contribution >= 0.6 is 0 Å². The molecule has 2 saturated heterocycles. The molecule has 1 N–H and O–H groups in total. The van der Waals surface area contributed by atoms with E-state index in [2.05, 4.69) is 15.2 Å². The number of hydrogen-bond acceptors (Lipinski definition) is 5. The van der Waals surface area contributed by atoms with Gasteiger partial charge < -0.3 is 14.5 Å². The number of morpholine rings is 1. The maximum absolute atomic E-state index is 12.6. The molecule has 25 heavy (non-hydrogen) atoms. The number of hydrogen-bond donors (Lipinski definition) is 1. The predicted molar refractivity (Wildman–Crippen MR) is 91.6 cm³/mol. The smallest absolute Gasteiger partial charge is 0.226 e. The summed E-state index contributed by atoms with van der Waals surface area (Å²) in [5.74, 6) is 1.90. The van der Waals surface area contributed by atoms with Crippen LogP contribution in [0, 0.1) is 12.8 Å². The van der Waals surface area contributed by atoms with Crippen molar-refractivity contribution in [2.45, 2.75) is 38.6 Å². The fraction of sp³-hybridized carbons (Fsp3) is 0.474. The van der Waals surface area contributed by atoms with Crippen LogP contribution in [0.2, 0.25) is 0 Å². The maximum atomic E-state index is 12.6. The summed E-state index contributed by atoms with van der Waals surface area (Å²) in [7, 11) is 0. The highest BCUT2D eigenvalue weighted by Gasteiger charge is 2.44. The van der Waals surface area contributed by atoms with E-state index in [0.29, 0.717) is 6.54 Å². The molecule has 0 spiro atoms. The largest absolute Gasteiger partial charge is 0.465 e. The molecule has 2 aromatic heterocycles. The van der Waals surface area contributed by atoms with Gasteiger partial charge in [-0.15, -0.1) is 0 Å². The molecule has 6 heteroatoms. The average Bonchev–Trinajstić information content (AvgIpc) is 3.16. The van der Waals surface area contributed by atoms with Crippen molar-refractivity contribution in [1.82, 2.24) is 15.2 Å². The Bertz CT molecular complexity index is 731. The quantitative estimate of drug-likeness (QED) is 0.899. The first kappa shape index (κ1) is 16.3. The minimum Gasteiger partial charge on any atom is -0.465 e. The minimum atomic E-state index is -0.0787. The lowest BCUT2D eigenvalue weighted by Gasteiger charge is -2.32. The van der Waals surface area contributed by atoms with Gasteiger partial charge in [-0.1, -0.05) is 6.07 Å². The number of fused-ring (bicyclic) bond motifs is 2. The van der Waals surface area contributed by atoms with E-state index in [1.54, 1.807) is 12.4 Å². The van der Waals surface area contributed by atoms with Gasteiger partial charge in [0, 0.05) is 32.0 Å². The number of amides is 1. The Kier molecular flexibility index (Phi) is 4.55. The summed E-state index contributed by atoms with van der Waals surface area (Å²) < 4.78 is 11.7. The summed E-state index contributed by atoms with van der Waals surface area (Å²) in [6.07, 6.45) is 4.38. The van der Waals surface area contributed by atoms with E-state index in [1.165, 1.54) is 0 Å². The third-order valence-electron chi connectivity index (χ3n) is 4.93. The Labute approximate surface area is 147 Å². The molecular formula is C19H23N3O3. The van der Waals surface area contributed by atoms with E-state index < -0.39 is 0 Å². The van der Waals surface area contributed by atoms with Gasteiger partial charge in [0.05, 0.1) is 24.7 Å². The molecule has 0 radical (unpaired) electrons. The minimum absolute atomic E-state index is 0.0382. The van der Waals surface area contributed by atoms with E-state index in [9.17, 15) is 4.79 Å². The number of aromatic nitrogens is 1. The van der Waals surface area contributed by atoms with Crippen molar-refractivity contribution >= 4 is 5.91 Å². The van der Waals surface area contributed by atoms with Crippen LogP contribution in [0.25, 0.3) is 0 Å². The molecule has 2 aliphatic rings. The summed E-state index contributed by atoms with van der Waals surface area (Å²) in [6, 6.07) is 7.84. The van der Waals surface area contributed by atoms with Crippen LogP contribution in [0.15, 0.2) is 41.1 Å². The van der Waals surface area contributed by atoms with Crippen LogP contribution < -0.4 is 5.32 Å². The van der Waals surface area contributed by atoms with Gasteiger partial charge in [-0.25, -0.2) is 0 Å². The summed E-state index contributed by atoms with van der Waals surface area (Å²) >= 11 is 0. The summed E-state index contributed by atoms with van der Waals surface area (Å²) in [5, 5.41) is 3.03. The summed E-state index contributed by atoms with van der Waals surface area (Å²) in [4.78, 5) is 19.0. The van der Waals surface area contributed by atoms with Crippen LogP contribution in [-0.2, 0) is 22.6 Å². The van der Waals surface area contributed by atoms with E-state index in [1.807, 2.05) is 31.2 Å². The Morgan fingerprint density at radius 1 is 1.36 bits per heavy atom. The normalized spacial score (nSPS) is 25.9. The number of nitrogens with zero attached hydrogens (tertiary/aromatic N) is 2. The zero-order valence-corrected chi connectivity index (χ0v) is 14.4. The second kappa shape index (κ2) is 6.98. The number of nitrogens with one attached hydrogen (secondary N) is 1. The van der Waals surface area contributed by atoms with Crippen LogP contribution in [0.5, 0.6) is 0 Å². The zero-order valence-electron chi connectivity index (χ0n) is 14.4. The third kappa shape index (κ3) is 3.75. The van der Waals surface area contributed by atoms with Gasteiger partial charge in [0.2, 0.25) is 5.91 Å². The highest BCUT2D eigenvalue weighted by atomic mass is 16.5. The Morgan fingerprint density at radius 2 is 2.28 bits per heavy atom. The summed E-state index contributed by atoms with van der Waals surface area (Å²) in [5.41, 5.74) is 1.01. The molecule has 0 aliphatic carbocycles. The lowest BCUT2D eigenvalue weighted by atomic mass is 9.99. The van der Waals surface area contributed by atoms with Crippen molar-refractivity contribution in [2.24, 2.45) is 5.92 Å². The monoisotopic (exact) mass is 341 g/mol. The van der Waals surface area contributed by atoms with Crippen molar-refractivity contribution in [3.63, 3.8) is 0 Å². The van der Waals surface area contributed by atoms with Crippen LogP contribution in [0.3, 0.4) is 0 Å². The molecule has 2 fully saturated rings. The van der Waals surface area contributed by atoms with Crippen molar-refractivity contribution in [3.8, 4) is 0 Å². The first-order valence-corrected chi connectivity index (χ1v) is 8.77. The average molecular weight is 341 g/mol. The third-order valence-corrected chi connectivity index (χ3v) is 4.93. The molecule has 0 aromatic carbocycles. The molecule has 2 aromatic rings. The van der Waals surface area contributed by atoms with Crippen molar-refractivity contribution in [1.29, 1.82) is 0 Å². The molecule has 2 bridgehead atoms. The standard InChI is InChI=1S/C19H23N3O3/c1-13-4-5-15(24-13)10-22-11-16-7-17(18(12-22)25-16)19(23)21-9-14-3-2-6-20-8-14/h2-6,8,16-18H,7,9-12H2,1H3,(H,21,23)/t16-,17+,18-/m1/s1. The molecule has 2 aliphatic heterocycles. The topological polar surface area (TPSA) is 67.6 Å². The molecule has 0 unspecified atom stereocenters. The highest BCUT2D eigenvalue weighted by molar-refractivity contribution is 5.79. The number of ether oxygens (including phenoxy) is 1. The van der Waals surface area contributed by atoms with Gasteiger partial charge in [0.25, 0.3) is 0 Å². The van der Waals surface area contributed by atoms with Crippen LogP contribution in [0.1, 0.15) is 23.5 Å². The molecule has 3 atom stereocenters. The molecule has 132 valence electrons. The van der Waals surface area contributed by atoms with Gasteiger partial charge in [-0.2, -0.15) is 0 Å². The SMILES string of the molecule is Cc1ccc(CN2C[C@H]3C[C@H](C(=O)NCc4cccnc4)[C@@H](C2)O3)o1. The van der Waals surface area contributed by atoms with Crippen molar-refractivity contribution < 1.29 is 13.9 Å². The lowest BCUT2D eigenvalue weighted by Crippen LogP contribution is -2.44. The van der Waals surface area contributed by atoms with Crippen LogP contribution in [-0.4, -0.2) is 41.1 Å². The van der Waals surface area contributed by atoms with Gasteiger partial charge in [-0.05, 0) is 37.1 Å². The predicted octanol–water partition coefficient (Wildman–Crippen LogP) is 1.89. The molecule has 6 nitrogen and oxygen atoms in total. The number of likely N-dealkylation sites (tertiary alicyclic amines) is 1. The van der Waals surface area contributed by atoms with Gasteiger partial charge in [0.15, 0.2) is 0 Å². The van der Waals surface area contributed by atoms with Gasteiger partial charge in [-0.3, -0.25) is 14.7 Å². The highest BCUT2D eigenvalue weighted by Crippen LogP contribution is 2.32. The van der Waals surface area contributed by atoms with E-state index in [0.717, 1.165) is 43.1 Å². The lowest BCUT2D eigenvalue weighted by molar-refractivity contribution is -0.128. The Balaban J connectivity index is 1.33. The van der Waals surface area contributed by atoms with Gasteiger partial charge >= 0.3 is 0 Å². The number of carbonyl (C=O) groups is 1. The molecule has 1 amide bonds. The van der Waals surface area contributed by atoms with E-state index >= 15 is 0 Å². The number of aryl methyl sites for hydroxylation is 1.